The summed E-state index contributed by atoms with van der Waals surface area (Å²) in [6, 6.07) is 14.0. The zero-order valence-corrected chi connectivity index (χ0v) is 18.4. The molecule has 1 fully saturated rings. The Labute approximate surface area is 177 Å². The molecule has 1 aliphatic heterocycles. The molecule has 29 heavy (non-hydrogen) atoms. The van der Waals surface area contributed by atoms with E-state index in [-0.39, 0.29) is 11.9 Å². The Bertz CT molecular complexity index is 862. The molecule has 0 unspecified atom stereocenters. The average molecular weight is 436 g/mol. The van der Waals surface area contributed by atoms with Crippen molar-refractivity contribution >= 4 is 27.3 Å². The first-order valence-electron chi connectivity index (χ1n) is 10.0. The van der Waals surface area contributed by atoms with Crippen LogP contribution < -0.4 is 5.32 Å². The van der Waals surface area contributed by atoms with Gasteiger partial charge in [-0.2, -0.15) is 0 Å². The molecule has 0 aliphatic carbocycles. The van der Waals surface area contributed by atoms with Gasteiger partial charge in [-0.1, -0.05) is 36.4 Å². The van der Waals surface area contributed by atoms with Crippen LogP contribution in [0, 0.1) is 0 Å². The number of benzene rings is 1. The van der Waals surface area contributed by atoms with E-state index in [1.54, 1.807) is 24.6 Å². The Balaban J connectivity index is 1.34. The fourth-order valence-corrected chi connectivity index (χ4v) is 5.93. The molecule has 2 aromatic rings. The topological polar surface area (TPSA) is 69.7 Å². The minimum Gasteiger partial charge on any atom is -0.353 e. The van der Waals surface area contributed by atoms with Crippen LogP contribution in [-0.2, 0) is 21.4 Å². The molecule has 158 valence electrons. The lowest BCUT2D eigenvalue weighted by molar-refractivity contribution is -0.122. The summed E-state index contributed by atoms with van der Waals surface area (Å²) in [4.78, 5) is 14.7. The normalized spacial score (nSPS) is 16.2. The van der Waals surface area contributed by atoms with Gasteiger partial charge < -0.3 is 5.32 Å². The highest BCUT2D eigenvalue weighted by Gasteiger charge is 2.23. The van der Waals surface area contributed by atoms with Crippen LogP contribution >= 0.6 is 11.3 Å². The van der Waals surface area contributed by atoms with E-state index in [0.717, 1.165) is 32.5 Å². The molecule has 1 aromatic heterocycles. The van der Waals surface area contributed by atoms with Crippen LogP contribution in [0.25, 0.3) is 0 Å². The standard InChI is InChI=1S/C21H29N3O3S2/c1-23(29(26,27)21-10-6-16-28-21)13-5-9-20(25)22-19-11-14-24(15-12-19)17-18-7-3-2-4-8-18/h2-4,6-8,10,16,19H,5,9,11-15,17H2,1H3,(H,22,25). The molecule has 0 saturated carbocycles. The second-order valence-electron chi connectivity index (χ2n) is 7.47. The summed E-state index contributed by atoms with van der Waals surface area (Å²) >= 11 is 1.21. The van der Waals surface area contributed by atoms with Crippen LogP contribution in [0.5, 0.6) is 0 Å². The van der Waals surface area contributed by atoms with E-state index in [0.29, 0.717) is 23.6 Å². The van der Waals surface area contributed by atoms with Crippen LogP contribution in [0.2, 0.25) is 0 Å². The Kier molecular flexibility index (Phi) is 7.83. The second kappa shape index (κ2) is 10.3. The number of carbonyl (C=O) groups is 1. The van der Waals surface area contributed by atoms with Gasteiger partial charge in [0.15, 0.2) is 0 Å². The van der Waals surface area contributed by atoms with Gasteiger partial charge >= 0.3 is 0 Å². The van der Waals surface area contributed by atoms with Crippen LogP contribution in [-0.4, -0.2) is 56.3 Å². The SMILES string of the molecule is CN(CCCC(=O)NC1CCN(Cc2ccccc2)CC1)S(=O)(=O)c1cccs1. The Morgan fingerprint density at radius 3 is 2.55 bits per heavy atom. The van der Waals surface area contributed by atoms with Gasteiger partial charge in [-0.05, 0) is 36.3 Å². The Hall–Kier alpha value is -1.74. The Morgan fingerprint density at radius 1 is 1.17 bits per heavy atom. The molecule has 2 heterocycles. The van der Waals surface area contributed by atoms with Crippen molar-refractivity contribution in [2.75, 3.05) is 26.7 Å². The molecule has 0 radical (unpaired) electrons. The van der Waals surface area contributed by atoms with Gasteiger partial charge in [-0.25, -0.2) is 12.7 Å². The summed E-state index contributed by atoms with van der Waals surface area (Å²) in [7, 11) is -1.87. The number of hydrogen-bond acceptors (Lipinski definition) is 5. The number of thiophene rings is 1. The van der Waals surface area contributed by atoms with E-state index in [4.69, 9.17) is 0 Å². The molecular weight excluding hydrogens is 406 g/mol. The molecule has 6 nitrogen and oxygen atoms in total. The lowest BCUT2D eigenvalue weighted by atomic mass is 10.0. The van der Waals surface area contributed by atoms with Gasteiger partial charge in [-0.15, -0.1) is 11.3 Å². The van der Waals surface area contributed by atoms with Crippen molar-refractivity contribution in [3.05, 3.63) is 53.4 Å². The maximum absolute atomic E-state index is 12.4. The highest BCUT2D eigenvalue weighted by atomic mass is 32.2. The maximum atomic E-state index is 12.4. The third kappa shape index (κ3) is 6.37. The zero-order valence-electron chi connectivity index (χ0n) is 16.8. The summed E-state index contributed by atoms with van der Waals surface area (Å²) in [6.45, 7) is 3.24. The maximum Gasteiger partial charge on any atom is 0.252 e. The molecule has 0 bridgehead atoms. The average Bonchev–Trinajstić information content (AvgIpc) is 3.26. The molecular formula is C21H29N3O3S2. The molecule has 1 N–H and O–H groups in total. The number of nitrogens with zero attached hydrogens (tertiary/aromatic N) is 2. The van der Waals surface area contributed by atoms with Gasteiger partial charge in [-0.3, -0.25) is 9.69 Å². The van der Waals surface area contributed by atoms with Crippen molar-refractivity contribution in [1.29, 1.82) is 0 Å². The molecule has 0 spiro atoms. The number of carbonyl (C=O) groups excluding carboxylic acids is 1. The predicted octanol–water partition coefficient (Wildman–Crippen LogP) is 2.93. The van der Waals surface area contributed by atoms with Crippen LogP contribution in [0.15, 0.2) is 52.1 Å². The van der Waals surface area contributed by atoms with Crippen molar-refractivity contribution in [2.45, 2.75) is 42.5 Å². The molecule has 8 heteroatoms. The minimum atomic E-state index is -3.44. The molecule has 3 rings (SSSR count). The quantitative estimate of drug-likeness (QED) is 0.658. The van der Waals surface area contributed by atoms with Crippen molar-refractivity contribution in [3.63, 3.8) is 0 Å². The second-order valence-corrected chi connectivity index (χ2v) is 10.7. The largest absolute Gasteiger partial charge is 0.353 e. The number of amides is 1. The first-order valence-corrected chi connectivity index (χ1v) is 12.3. The first-order chi connectivity index (χ1) is 13.9. The molecule has 1 aliphatic rings. The minimum absolute atomic E-state index is 0.00781. The fourth-order valence-electron chi connectivity index (χ4n) is 3.52. The van der Waals surface area contributed by atoms with Crippen molar-refractivity contribution in [2.24, 2.45) is 0 Å². The van der Waals surface area contributed by atoms with Crippen LogP contribution in [0.1, 0.15) is 31.2 Å². The van der Waals surface area contributed by atoms with E-state index in [9.17, 15) is 13.2 Å². The monoisotopic (exact) mass is 435 g/mol. The number of piperidine rings is 1. The van der Waals surface area contributed by atoms with Gasteiger partial charge in [0, 0.05) is 45.7 Å². The molecule has 1 aromatic carbocycles. The number of nitrogens with one attached hydrogen (secondary N) is 1. The molecule has 1 amide bonds. The fraction of sp³-hybridized carbons (Fsp3) is 0.476. The first kappa shape index (κ1) is 22.0. The van der Waals surface area contributed by atoms with Crippen LogP contribution in [0.4, 0.5) is 0 Å². The summed E-state index contributed by atoms with van der Waals surface area (Å²) in [6.07, 6.45) is 2.75. The zero-order chi connectivity index (χ0) is 20.7. The summed E-state index contributed by atoms with van der Waals surface area (Å²) in [5.41, 5.74) is 1.32. The lowest BCUT2D eigenvalue weighted by Crippen LogP contribution is -2.44. The number of sulfonamides is 1. The number of likely N-dealkylation sites (tertiary alicyclic amines) is 1. The third-order valence-electron chi connectivity index (χ3n) is 5.24. The van der Waals surface area contributed by atoms with Crippen LogP contribution in [0.3, 0.4) is 0 Å². The predicted molar refractivity (Wildman–Crippen MR) is 116 cm³/mol. The molecule has 0 atom stereocenters. The van der Waals surface area contributed by atoms with E-state index in [1.165, 1.54) is 21.2 Å². The summed E-state index contributed by atoms with van der Waals surface area (Å²) in [5, 5.41) is 4.86. The van der Waals surface area contributed by atoms with Crippen molar-refractivity contribution in [3.8, 4) is 0 Å². The van der Waals surface area contributed by atoms with Crippen molar-refractivity contribution < 1.29 is 13.2 Å². The van der Waals surface area contributed by atoms with E-state index >= 15 is 0 Å². The Morgan fingerprint density at radius 2 is 1.90 bits per heavy atom. The van der Waals surface area contributed by atoms with Gasteiger partial charge in [0.1, 0.15) is 4.21 Å². The highest BCUT2D eigenvalue weighted by molar-refractivity contribution is 7.91. The van der Waals surface area contributed by atoms with Crippen molar-refractivity contribution in [1.82, 2.24) is 14.5 Å². The van der Waals surface area contributed by atoms with E-state index in [1.807, 2.05) is 6.07 Å². The van der Waals surface area contributed by atoms with Gasteiger partial charge in [0.2, 0.25) is 5.91 Å². The smallest absolute Gasteiger partial charge is 0.252 e. The summed E-state index contributed by atoms with van der Waals surface area (Å²) in [5.74, 6) is 0.00781. The van der Waals surface area contributed by atoms with Gasteiger partial charge in [0.05, 0.1) is 0 Å². The van der Waals surface area contributed by atoms with E-state index in [2.05, 4.69) is 34.5 Å². The number of rotatable bonds is 9. The highest BCUT2D eigenvalue weighted by Crippen LogP contribution is 2.20. The van der Waals surface area contributed by atoms with E-state index < -0.39 is 10.0 Å². The van der Waals surface area contributed by atoms with Gasteiger partial charge in [0.25, 0.3) is 10.0 Å². The lowest BCUT2D eigenvalue weighted by Gasteiger charge is -2.32. The number of hydrogen-bond donors (Lipinski definition) is 1. The third-order valence-corrected chi connectivity index (χ3v) is 8.47. The molecule has 1 saturated heterocycles. The summed E-state index contributed by atoms with van der Waals surface area (Å²) < 4.78 is 26.4.